The van der Waals surface area contributed by atoms with Crippen molar-refractivity contribution in [2.24, 2.45) is 17.8 Å². The number of benzene rings is 1. The van der Waals surface area contributed by atoms with Crippen LogP contribution in [0.1, 0.15) is 68.6 Å². The van der Waals surface area contributed by atoms with E-state index in [0.29, 0.717) is 17.4 Å². The number of hydrogen-bond acceptors (Lipinski definition) is 4. The van der Waals surface area contributed by atoms with Crippen LogP contribution in [0.2, 0.25) is 0 Å². The van der Waals surface area contributed by atoms with Crippen LogP contribution >= 0.6 is 0 Å². The fourth-order valence-corrected chi connectivity index (χ4v) is 6.40. The number of fused-ring (bicyclic) bond motifs is 3. The highest BCUT2D eigenvalue weighted by molar-refractivity contribution is 5.98. The second-order valence-electron chi connectivity index (χ2n) is 10.0. The zero-order chi connectivity index (χ0) is 21.4. The van der Waals surface area contributed by atoms with Crippen molar-refractivity contribution in [2.75, 3.05) is 19.6 Å². The lowest BCUT2D eigenvalue weighted by atomic mass is 9.60. The monoisotopic (exact) mass is 425 g/mol. The van der Waals surface area contributed by atoms with Gasteiger partial charge in [-0.15, -0.1) is 0 Å². The zero-order valence-corrected chi connectivity index (χ0v) is 18.6. The molecule has 4 fully saturated rings. The molecule has 0 unspecified atom stereocenters. The van der Waals surface area contributed by atoms with E-state index < -0.39 is 5.72 Å². The van der Waals surface area contributed by atoms with Crippen molar-refractivity contribution < 1.29 is 14.3 Å². The maximum absolute atomic E-state index is 13.0. The van der Waals surface area contributed by atoms with Gasteiger partial charge in [0.25, 0.3) is 5.91 Å². The number of carbonyl (C=O) groups excluding carboxylic acids is 2. The summed E-state index contributed by atoms with van der Waals surface area (Å²) in [4.78, 5) is 28.2. The van der Waals surface area contributed by atoms with Crippen LogP contribution in [-0.2, 0) is 4.79 Å². The molecule has 2 heterocycles. The van der Waals surface area contributed by atoms with Gasteiger partial charge in [0.1, 0.15) is 5.75 Å². The first-order valence-electron chi connectivity index (χ1n) is 12.2. The van der Waals surface area contributed by atoms with E-state index in [9.17, 15) is 9.59 Å². The maximum Gasteiger partial charge on any atom is 0.258 e. The Labute approximate surface area is 185 Å². The molecule has 3 aliphatic carbocycles. The Kier molecular flexibility index (Phi) is 5.67. The SMILES string of the molecule is C[C@@H]1CCCCN1CCCNC(=O)[C@H]1C[C@H]2CC[C@H]1C[C@@]21NC(=O)c2ccccc2O1. The number of hydrogen-bond donors (Lipinski definition) is 2. The number of likely N-dealkylation sites (tertiary alicyclic amines) is 1. The zero-order valence-electron chi connectivity index (χ0n) is 18.6. The van der Waals surface area contributed by atoms with Gasteiger partial charge in [0.05, 0.1) is 5.56 Å². The van der Waals surface area contributed by atoms with Gasteiger partial charge in [0, 0.05) is 37.4 Å². The van der Waals surface area contributed by atoms with E-state index in [1.807, 2.05) is 18.2 Å². The third kappa shape index (κ3) is 3.95. The first-order chi connectivity index (χ1) is 15.1. The second-order valence-corrected chi connectivity index (χ2v) is 10.0. The van der Waals surface area contributed by atoms with E-state index in [0.717, 1.165) is 45.2 Å². The van der Waals surface area contributed by atoms with Crippen molar-refractivity contribution in [3.05, 3.63) is 29.8 Å². The normalized spacial score (nSPS) is 34.7. The Hall–Kier alpha value is -2.08. The molecular formula is C25H35N3O3. The fourth-order valence-electron chi connectivity index (χ4n) is 6.40. The summed E-state index contributed by atoms with van der Waals surface area (Å²) in [7, 11) is 0. The molecule has 2 aliphatic heterocycles. The molecular weight excluding hydrogens is 390 g/mol. The third-order valence-corrected chi connectivity index (χ3v) is 8.17. The molecule has 5 atom stereocenters. The standard InChI is InChI=1S/C25H35N3O3/c1-17-7-4-5-13-28(17)14-6-12-26-23(29)21-15-19-11-10-18(21)16-25(19)27-24(30)20-8-2-3-9-22(20)31-25/h2-3,8-9,17-19,21H,4-7,10-16H2,1H3,(H,26,29)(H,27,30)/t17-,18+,19-,21+,25+/m1/s1. The number of ether oxygens (including phenoxy) is 1. The van der Waals surface area contributed by atoms with Crippen LogP contribution in [0.5, 0.6) is 5.75 Å². The predicted octanol–water partition coefficient (Wildman–Crippen LogP) is 3.32. The Balaban J connectivity index is 1.16. The van der Waals surface area contributed by atoms with Crippen molar-refractivity contribution >= 4 is 11.8 Å². The van der Waals surface area contributed by atoms with Gasteiger partial charge < -0.3 is 20.3 Å². The number of nitrogens with one attached hydrogen (secondary N) is 2. The van der Waals surface area contributed by atoms with Crippen molar-refractivity contribution in [1.82, 2.24) is 15.5 Å². The summed E-state index contributed by atoms with van der Waals surface area (Å²) in [6.45, 7) is 5.33. The molecule has 2 bridgehead atoms. The Morgan fingerprint density at radius 3 is 2.94 bits per heavy atom. The summed E-state index contributed by atoms with van der Waals surface area (Å²) >= 11 is 0. The van der Waals surface area contributed by atoms with Crippen LogP contribution in [0.15, 0.2) is 24.3 Å². The lowest BCUT2D eigenvalue weighted by Crippen LogP contribution is -2.66. The van der Waals surface area contributed by atoms with Gasteiger partial charge in [-0.2, -0.15) is 0 Å². The first-order valence-corrected chi connectivity index (χ1v) is 12.2. The average molecular weight is 426 g/mol. The topological polar surface area (TPSA) is 70.7 Å². The Bertz CT molecular complexity index is 843. The van der Waals surface area contributed by atoms with Crippen molar-refractivity contribution in [2.45, 2.75) is 70.1 Å². The predicted molar refractivity (Wildman–Crippen MR) is 119 cm³/mol. The summed E-state index contributed by atoms with van der Waals surface area (Å²) in [5.74, 6) is 1.29. The van der Waals surface area contributed by atoms with Gasteiger partial charge in [0.2, 0.25) is 5.91 Å². The van der Waals surface area contributed by atoms with Crippen LogP contribution < -0.4 is 15.4 Å². The molecule has 2 amide bonds. The van der Waals surface area contributed by atoms with Gasteiger partial charge in [-0.3, -0.25) is 9.59 Å². The highest BCUT2D eigenvalue weighted by Crippen LogP contribution is 2.52. The summed E-state index contributed by atoms with van der Waals surface area (Å²) in [5.41, 5.74) is -0.0397. The van der Waals surface area contributed by atoms with Crippen LogP contribution in [0, 0.1) is 17.8 Å². The Morgan fingerprint density at radius 2 is 2.13 bits per heavy atom. The Morgan fingerprint density at radius 1 is 1.26 bits per heavy atom. The largest absolute Gasteiger partial charge is 0.467 e. The van der Waals surface area contributed by atoms with Crippen LogP contribution in [0.4, 0.5) is 0 Å². The molecule has 0 radical (unpaired) electrons. The van der Waals surface area contributed by atoms with E-state index in [2.05, 4.69) is 22.5 Å². The molecule has 1 aromatic carbocycles. The number of piperidine rings is 1. The molecule has 5 aliphatic rings. The minimum atomic E-state index is -0.643. The van der Waals surface area contributed by atoms with E-state index >= 15 is 0 Å². The van der Waals surface area contributed by atoms with Crippen LogP contribution in [-0.4, -0.2) is 48.1 Å². The third-order valence-electron chi connectivity index (χ3n) is 8.17. The van der Waals surface area contributed by atoms with E-state index in [1.54, 1.807) is 6.07 Å². The summed E-state index contributed by atoms with van der Waals surface area (Å²) in [5, 5.41) is 6.39. The molecule has 1 spiro atoms. The van der Waals surface area contributed by atoms with E-state index in [-0.39, 0.29) is 29.6 Å². The molecule has 6 heteroatoms. The number of para-hydroxylation sites is 1. The molecule has 31 heavy (non-hydrogen) atoms. The molecule has 0 aromatic heterocycles. The molecule has 168 valence electrons. The number of nitrogens with zero attached hydrogens (tertiary/aromatic N) is 1. The minimum Gasteiger partial charge on any atom is -0.467 e. The molecule has 1 saturated heterocycles. The van der Waals surface area contributed by atoms with Gasteiger partial charge in [-0.05, 0) is 70.0 Å². The van der Waals surface area contributed by atoms with Crippen LogP contribution in [0.25, 0.3) is 0 Å². The second kappa shape index (κ2) is 8.45. The van der Waals surface area contributed by atoms with E-state index in [1.165, 1.54) is 25.8 Å². The molecule has 1 aromatic rings. The number of rotatable bonds is 5. The number of carbonyl (C=O) groups is 2. The summed E-state index contributed by atoms with van der Waals surface area (Å²) in [6.07, 6.45) is 8.51. The van der Waals surface area contributed by atoms with Crippen molar-refractivity contribution in [3.63, 3.8) is 0 Å². The molecule has 2 N–H and O–H groups in total. The average Bonchev–Trinajstić information content (AvgIpc) is 2.78. The maximum atomic E-state index is 13.0. The van der Waals surface area contributed by atoms with Crippen molar-refractivity contribution in [1.29, 1.82) is 0 Å². The smallest absolute Gasteiger partial charge is 0.258 e. The van der Waals surface area contributed by atoms with Gasteiger partial charge in [0.15, 0.2) is 5.72 Å². The van der Waals surface area contributed by atoms with Crippen LogP contribution in [0.3, 0.4) is 0 Å². The molecule has 6 rings (SSSR count). The molecule has 3 saturated carbocycles. The fraction of sp³-hybridized carbons (Fsp3) is 0.680. The van der Waals surface area contributed by atoms with Gasteiger partial charge in [-0.25, -0.2) is 0 Å². The van der Waals surface area contributed by atoms with E-state index in [4.69, 9.17) is 4.74 Å². The minimum absolute atomic E-state index is 0.0379. The first kappa shape index (κ1) is 20.8. The quantitative estimate of drug-likeness (QED) is 0.710. The number of amides is 2. The van der Waals surface area contributed by atoms with Gasteiger partial charge in [-0.1, -0.05) is 18.6 Å². The molecule has 6 nitrogen and oxygen atoms in total. The lowest BCUT2D eigenvalue weighted by molar-refractivity contribution is -0.146. The highest BCUT2D eigenvalue weighted by Gasteiger charge is 2.57. The summed E-state index contributed by atoms with van der Waals surface area (Å²) in [6, 6.07) is 8.13. The van der Waals surface area contributed by atoms with Gasteiger partial charge >= 0.3 is 0 Å². The van der Waals surface area contributed by atoms with Crippen molar-refractivity contribution in [3.8, 4) is 5.75 Å². The summed E-state index contributed by atoms with van der Waals surface area (Å²) < 4.78 is 6.40. The lowest BCUT2D eigenvalue weighted by Gasteiger charge is -2.55. The highest BCUT2D eigenvalue weighted by atomic mass is 16.5.